The Hall–Kier alpha value is -1.76. The molecule has 0 spiro atoms. The first-order valence-corrected chi connectivity index (χ1v) is 6.20. The van der Waals surface area contributed by atoms with Gasteiger partial charge in [0.15, 0.2) is 0 Å². The number of rotatable bonds is 3. The van der Waals surface area contributed by atoms with E-state index in [4.69, 9.17) is 0 Å². The van der Waals surface area contributed by atoms with Gasteiger partial charge in [0.2, 0.25) is 0 Å². The number of aromatic nitrogens is 1. The van der Waals surface area contributed by atoms with Crippen LogP contribution in [0.5, 0.6) is 0 Å². The Balaban J connectivity index is 2.52. The predicted octanol–water partition coefficient (Wildman–Crippen LogP) is 4.06. The highest BCUT2D eigenvalue weighted by molar-refractivity contribution is 5.84. The molecule has 2 aromatic rings. The van der Waals surface area contributed by atoms with E-state index in [1.54, 1.807) is 0 Å². The third-order valence-corrected chi connectivity index (χ3v) is 3.39. The third kappa shape index (κ3) is 2.13. The number of fused-ring (bicyclic) bond motifs is 1. The van der Waals surface area contributed by atoms with E-state index in [1.165, 1.54) is 5.56 Å². The average molecular weight is 241 g/mol. The lowest BCUT2D eigenvalue weighted by atomic mass is 9.98. The SMILES string of the molecule is C=C=C(C)C(O)c1c[nH]c2cc(C(C)C)ccc12. The molecule has 18 heavy (non-hydrogen) atoms. The molecule has 2 rings (SSSR count). The van der Waals surface area contributed by atoms with Crippen LogP contribution < -0.4 is 0 Å². The van der Waals surface area contributed by atoms with Crippen LogP contribution in [0.2, 0.25) is 0 Å². The van der Waals surface area contributed by atoms with Crippen LogP contribution in [0, 0.1) is 0 Å². The summed E-state index contributed by atoms with van der Waals surface area (Å²) in [6.07, 6.45) is 1.22. The van der Waals surface area contributed by atoms with Crippen LogP contribution in [0.4, 0.5) is 0 Å². The molecule has 0 aliphatic heterocycles. The van der Waals surface area contributed by atoms with Crippen molar-refractivity contribution in [1.29, 1.82) is 0 Å². The number of benzene rings is 1. The molecule has 0 bridgehead atoms. The van der Waals surface area contributed by atoms with E-state index in [0.29, 0.717) is 5.92 Å². The van der Waals surface area contributed by atoms with Crippen molar-refractivity contribution >= 4 is 10.9 Å². The van der Waals surface area contributed by atoms with Crippen molar-refractivity contribution in [2.75, 3.05) is 0 Å². The molecule has 1 aromatic heterocycles. The van der Waals surface area contributed by atoms with Gasteiger partial charge < -0.3 is 10.1 Å². The Morgan fingerprint density at radius 2 is 2.11 bits per heavy atom. The topological polar surface area (TPSA) is 36.0 Å². The largest absolute Gasteiger partial charge is 0.383 e. The zero-order valence-electron chi connectivity index (χ0n) is 11.1. The number of aromatic amines is 1. The predicted molar refractivity (Wildman–Crippen MR) is 75.7 cm³/mol. The van der Waals surface area contributed by atoms with Gasteiger partial charge in [-0.05, 0) is 24.5 Å². The first-order valence-electron chi connectivity index (χ1n) is 6.20. The fraction of sp³-hybridized carbons (Fsp3) is 0.312. The van der Waals surface area contributed by atoms with Crippen molar-refractivity contribution in [2.45, 2.75) is 32.8 Å². The molecule has 1 atom stereocenters. The van der Waals surface area contributed by atoms with Crippen molar-refractivity contribution in [3.8, 4) is 0 Å². The minimum Gasteiger partial charge on any atom is -0.383 e. The van der Waals surface area contributed by atoms with E-state index in [2.05, 4.69) is 49.3 Å². The summed E-state index contributed by atoms with van der Waals surface area (Å²) in [6.45, 7) is 9.75. The highest BCUT2D eigenvalue weighted by Crippen LogP contribution is 2.30. The lowest BCUT2D eigenvalue weighted by Gasteiger charge is -2.09. The van der Waals surface area contributed by atoms with E-state index < -0.39 is 6.10 Å². The smallest absolute Gasteiger partial charge is 0.109 e. The summed E-state index contributed by atoms with van der Waals surface area (Å²) in [7, 11) is 0. The molecule has 0 aliphatic rings. The Bertz CT molecular complexity index is 615. The van der Waals surface area contributed by atoms with Crippen LogP contribution in [0.15, 0.2) is 42.3 Å². The second-order valence-electron chi connectivity index (χ2n) is 4.97. The molecule has 2 nitrogen and oxygen atoms in total. The Labute approximate surface area is 108 Å². The second-order valence-corrected chi connectivity index (χ2v) is 4.97. The molecule has 0 aliphatic carbocycles. The van der Waals surface area contributed by atoms with Gasteiger partial charge in [0, 0.05) is 28.2 Å². The lowest BCUT2D eigenvalue weighted by molar-refractivity contribution is 0.217. The summed E-state index contributed by atoms with van der Waals surface area (Å²) in [5, 5.41) is 11.3. The quantitative estimate of drug-likeness (QED) is 0.781. The van der Waals surface area contributed by atoms with Gasteiger partial charge in [0.1, 0.15) is 6.10 Å². The lowest BCUT2D eigenvalue weighted by Crippen LogP contribution is -1.97. The maximum Gasteiger partial charge on any atom is 0.109 e. The van der Waals surface area contributed by atoms with Crippen LogP contribution in [0.3, 0.4) is 0 Å². The Kier molecular flexibility index (Phi) is 3.42. The molecule has 2 N–H and O–H groups in total. The first-order chi connectivity index (χ1) is 8.54. The fourth-order valence-electron chi connectivity index (χ4n) is 2.08. The van der Waals surface area contributed by atoms with E-state index >= 15 is 0 Å². The summed E-state index contributed by atoms with van der Waals surface area (Å²) in [6, 6.07) is 6.32. The van der Waals surface area contributed by atoms with Crippen molar-refractivity contribution in [1.82, 2.24) is 4.98 Å². The van der Waals surface area contributed by atoms with Crippen LogP contribution in [-0.4, -0.2) is 10.1 Å². The summed E-state index contributed by atoms with van der Waals surface area (Å²) >= 11 is 0. The van der Waals surface area contributed by atoms with Gasteiger partial charge in [-0.15, -0.1) is 5.73 Å². The molecular weight excluding hydrogens is 222 g/mol. The van der Waals surface area contributed by atoms with Crippen LogP contribution in [0.25, 0.3) is 10.9 Å². The number of aliphatic hydroxyl groups is 1. The highest BCUT2D eigenvalue weighted by atomic mass is 16.3. The molecule has 0 saturated heterocycles. The second kappa shape index (κ2) is 4.85. The third-order valence-electron chi connectivity index (χ3n) is 3.39. The van der Waals surface area contributed by atoms with Gasteiger partial charge in [-0.1, -0.05) is 32.6 Å². The zero-order valence-corrected chi connectivity index (χ0v) is 11.1. The van der Waals surface area contributed by atoms with Gasteiger partial charge in [-0.3, -0.25) is 0 Å². The summed E-state index contributed by atoms with van der Waals surface area (Å²) < 4.78 is 0. The molecular formula is C16H19NO. The summed E-state index contributed by atoms with van der Waals surface area (Å²) in [4.78, 5) is 3.22. The maximum atomic E-state index is 10.2. The van der Waals surface area contributed by atoms with Crippen LogP contribution >= 0.6 is 0 Å². The minimum absolute atomic E-state index is 0.501. The minimum atomic E-state index is -0.638. The number of H-pyrrole nitrogens is 1. The van der Waals surface area contributed by atoms with Gasteiger partial charge in [-0.25, -0.2) is 0 Å². The van der Waals surface area contributed by atoms with Crippen LogP contribution in [-0.2, 0) is 0 Å². The molecule has 94 valence electrons. The van der Waals surface area contributed by atoms with Crippen LogP contribution in [0.1, 0.15) is 43.9 Å². The molecule has 1 aromatic carbocycles. The van der Waals surface area contributed by atoms with Gasteiger partial charge in [-0.2, -0.15) is 0 Å². The fourth-order valence-corrected chi connectivity index (χ4v) is 2.08. The molecule has 0 radical (unpaired) electrons. The normalized spacial score (nSPS) is 12.7. The Morgan fingerprint density at radius 1 is 1.39 bits per heavy atom. The van der Waals surface area contributed by atoms with Gasteiger partial charge in [0.25, 0.3) is 0 Å². The number of hydrogen-bond acceptors (Lipinski definition) is 1. The van der Waals surface area contributed by atoms with Crippen molar-refractivity contribution in [2.24, 2.45) is 0 Å². The standard InChI is InChI=1S/C16H19NO/c1-5-11(4)16(18)14-9-17-15-8-12(10(2)3)6-7-13(14)15/h6-10,16-18H,1H2,2-4H3. The zero-order chi connectivity index (χ0) is 13.3. The number of nitrogens with one attached hydrogen (secondary N) is 1. The maximum absolute atomic E-state index is 10.2. The van der Waals surface area contributed by atoms with Crippen molar-refractivity contribution in [3.63, 3.8) is 0 Å². The monoisotopic (exact) mass is 241 g/mol. The van der Waals surface area contributed by atoms with E-state index in [9.17, 15) is 5.11 Å². The first kappa shape index (κ1) is 12.7. The number of hydrogen-bond donors (Lipinski definition) is 2. The summed E-state index contributed by atoms with van der Waals surface area (Å²) in [5.74, 6) is 0.501. The average Bonchev–Trinajstić information content (AvgIpc) is 2.79. The van der Waals surface area contributed by atoms with Gasteiger partial charge in [0.05, 0.1) is 0 Å². The summed E-state index contributed by atoms with van der Waals surface area (Å²) in [5.41, 5.74) is 6.73. The van der Waals surface area contributed by atoms with E-state index in [0.717, 1.165) is 22.0 Å². The van der Waals surface area contributed by atoms with E-state index in [1.807, 2.05) is 13.1 Å². The molecule has 1 unspecified atom stereocenters. The molecule has 2 heteroatoms. The van der Waals surface area contributed by atoms with Gasteiger partial charge >= 0.3 is 0 Å². The van der Waals surface area contributed by atoms with E-state index in [-0.39, 0.29) is 0 Å². The van der Waals surface area contributed by atoms with Crippen molar-refractivity contribution in [3.05, 3.63) is 53.4 Å². The molecule has 0 saturated carbocycles. The molecule has 1 heterocycles. The molecule has 0 fully saturated rings. The Morgan fingerprint density at radius 3 is 2.72 bits per heavy atom. The highest BCUT2D eigenvalue weighted by Gasteiger charge is 2.14. The van der Waals surface area contributed by atoms with Crippen molar-refractivity contribution < 1.29 is 5.11 Å². The number of aliphatic hydroxyl groups excluding tert-OH is 1. The molecule has 0 amide bonds.